The maximum atomic E-state index is 11.6. The lowest BCUT2D eigenvalue weighted by atomic mass is 10.2. The van der Waals surface area contributed by atoms with Crippen molar-refractivity contribution in [1.82, 2.24) is 9.47 Å². The van der Waals surface area contributed by atoms with Gasteiger partial charge in [-0.2, -0.15) is 0 Å². The van der Waals surface area contributed by atoms with E-state index in [1.165, 1.54) is 12.8 Å². The van der Waals surface area contributed by atoms with Gasteiger partial charge in [0.25, 0.3) is 0 Å². The lowest BCUT2D eigenvalue weighted by molar-refractivity contribution is 0.267. The lowest BCUT2D eigenvalue weighted by Gasteiger charge is -2.22. The van der Waals surface area contributed by atoms with Crippen molar-refractivity contribution < 1.29 is 5.11 Å². The van der Waals surface area contributed by atoms with E-state index in [1.807, 2.05) is 0 Å². The quantitative estimate of drug-likeness (QED) is 0.823. The number of nitrogens with zero attached hydrogens (tertiary/aromatic N) is 2. The minimum atomic E-state index is -0.265. The van der Waals surface area contributed by atoms with Crippen molar-refractivity contribution in [2.24, 2.45) is 0 Å². The van der Waals surface area contributed by atoms with E-state index >= 15 is 0 Å². The number of rotatable bonds is 7. The number of aromatic hydroxyl groups is 1. The van der Waals surface area contributed by atoms with E-state index in [-0.39, 0.29) is 11.2 Å². The van der Waals surface area contributed by atoms with Crippen LogP contribution in [0.1, 0.15) is 51.3 Å². The first-order valence-corrected chi connectivity index (χ1v) is 7.32. The zero-order chi connectivity index (χ0) is 13.8. The van der Waals surface area contributed by atoms with Gasteiger partial charge in [-0.05, 0) is 32.4 Å². The molecule has 4 heteroatoms. The van der Waals surface area contributed by atoms with Crippen molar-refractivity contribution in [3.05, 3.63) is 28.2 Å². The van der Waals surface area contributed by atoms with Crippen molar-refractivity contribution in [1.29, 1.82) is 0 Å². The third kappa shape index (κ3) is 3.60. The van der Waals surface area contributed by atoms with E-state index in [1.54, 1.807) is 12.3 Å². The standard InChI is InChI=1S/C15H24N2O2/c1-3-5-8-16(4-2)10-13-9-14(18)15(19)11-17(13)12-6-7-12/h9,11-12,19H,3-8,10H2,1-2H3. The molecule has 0 aliphatic heterocycles. The molecule has 0 atom stereocenters. The van der Waals surface area contributed by atoms with Crippen LogP contribution in [0.5, 0.6) is 5.75 Å². The van der Waals surface area contributed by atoms with E-state index in [0.717, 1.165) is 38.2 Å². The maximum absolute atomic E-state index is 11.6. The fraction of sp³-hybridized carbons (Fsp3) is 0.667. The second kappa shape index (κ2) is 6.24. The highest BCUT2D eigenvalue weighted by Crippen LogP contribution is 2.36. The smallest absolute Gasteiger partial charge is 0.223 e. The molecule has 1 heterocycles. The van der Waals surface area contributed by atoms with Gasteiger partial charge < -0.3 is 9.67 Å². The van der Waals surface area contributed by atoms with E-state index < -0.39 is 0 Å². The van der Waals surface area contributed by atoms with Gasteiger partial charge in [0, 0.05) is 24.3 Å². The number of aromatic nitrogens is 1. The molecule has 1 fully saturated rings. The van der Waals surface area contributed by atoms with Crippen LogP contribution in [0.4, 0.5) is 0 Å². The topological polar surface area (TPSA) is 45.5 Å². The monoisotopic (exact) mass is 264 g/mol. The molecule has 1 aromatic rings. The number of unbranched alkanes of at least 4 members (excludes halogenated alkanes) is 1. The normalized spacial score (nSPS) is 15.1. The van der Waals surface area contributed by atoms with Crippen LogP contribution in [-0.2, 0) is 6.54 Å². The fourth-order valence-electron chi connectivity index (χ4n) is 2.36. The lowest BCUT2D eigenvalue weighted by Crippen LogP contribution is -2.27. The Morgan fingerprint density at radius 2 is 2.16 bits per heavy atom. The van der Waals surface area contributed by atoms with Gasteiger partial charge in [-0.15, -0.1) is 0 Å². The molecule has 19 heavy (non-hydrogen) atoms. The fourth-order valence-corrected chi connectivity index (χ4v) is 2.36. The van der Waals surface area contributed by atoms with Gasteiger partial charge in [-0.3, -0.25) is 9.69 Å². The maximum Gasteiger partial charge on any atom is 0.223 e. The van der Waals surface area contributed by atoms with Crippen LogP contribution < -0.4 is 5.43 Å². The predicted octanol–water partition coefficient (Wildman–Crippen LogP) is 2.51. The zero-order valence-corrected chi connectivity index (χ0v) is 11.9. The summed E-state index contributed by atoms with van der Waals surface area (Å²) in [7, 11) is 0. The van der Waals surface area contributed by atoms with Crippen LogP contribution in [0.25, 0.3) is 0 Å². The average Bonchev–Trinajstić information content (AvgIpc) is 3.22. The van der Waals surface area contributed by atoms with Crippen molar-refractivity contribution in [3.63, 3.8) is 0 Å². The minimum Gasteiger partial charge on any atom is -0.503 e. The Labute approximate surface area is 114 Å². The summed E-state index contributed by atoms with van der Waals surface area (Å²) < 4.78 is 2.09. The third-order valence-corrected chi connectivity index (χ3v) is 3.74. The average molecular weight is 264 g/mol. The Balaban J connectivity index is 2.17. The molecule has 1 N–H and O–H groups in total. The van der Waals surface area contributed by atoms with E-state index in [2.05, 4.69) is 23.3 Å². The number of hydrogen-bond donors (Lipinski definition) is 1. The van der Waals surface area contributed by atoms with Gasteiger partial charge in [-0.25, -0.2) is 0 Å². The van der Waals surface area contributed by atoms with Crippen molar-refractivity contribution in [2.75, 3.05) is 13.1 Å². The summed E-state index contributed by atoms with van der Waals surface area (Å²) in [6.45, 7) is 7.18. The first-order valence-electron chi connectivity index (χ1n) is 7.32. The Bertz CT molecular complexity index is 478. The van der Waals surface area contributed by atoms with E-state index in [0.29, 0.717) is 6.04 Å². The second-order valence-corrected chi connectivity index (χ2v) is 5.38. The minimum absolute atomic E-state index is 0.132. The third-order valence-electron chi connectivity index (χ3n) is 3.74. The highest BCUT2D eigenvalue weighted by atomic mass is 16.3. The predicted molar refractivity (Wildman–Crippen MR) is 76.5 cm³/mol. The number of hydrogen-bond acceptors (Lipinski definition) is 3. The van der Waals surface area contributed by atoms with Crippen molar-refractivity contribution in [3.8, 4) is 5.75 Å². The van der Waals surface area contributed by atoms with Crippen LogP contribution in [0.2, 0.25) is 0 Å². The summed E-state index contributed by atoms with van der Waals surface area (Å²) >= 11 is 0. The molecule has 0 amide bonds. The van der Waals surface area contributed by atoms with Crippen LogP contribution in [0, 0.1) is 0 Å². The molecular weight excluding hydrogens is 240 g/mol. The summed E-state index contributed by atoms with van der Waals surface area (Å²) in [5.74, 6) is -0.132. The Kier molecular flexibility index (Phi) is 4.64. The van der Waals surface area contributed by atoms with Crippen molar-refractivity contribution in [2.45, 2.75) is 52.1 Å². The van der Waals surface area contributed by atoms with Gasteiger partial charge in [0.1, 0.15) is 0 Å². The second-order valence-electron chi connectivity index (χ2n) is 5.38. The molecular formula is C15H24N2O2. The molecule has 1 aliphatic carbocycles. The Hall–Kier alpha value is -1.29. The Morgan fingerprint density at radius 3 is 2.74 bits per heavy atom. The van der Waals surface area contributed by atoms with Crippen LogP contribution >= 0.6 is 0 Å². The summed E-state index contributed by atoms with van der Waals surface area (Å²) in [4.78, 5) is 14.0. The molecule has 1 aromatic heterocycles. The first kappa shape index (κ1) is 14.1. The molecule has 0 spiro atoms. The summed E-state index contributed by atoms with van der Waals surface area (Å²) in [6, 6.07) is 2.08. The van der Waals surface area contributed by atoms with Crippen LogP contribution in [0.15, 0.2) is 17.1 Å². The molecule has 2 rings (SSSR count). The van der Waals surface area contributed by atoms with Gasteiger partial charge in [0.15, 0.2) is 5.75 Å². The molecule has 0 radical (unpaired) electrons. The largest absolute Gasteiger partial charge is 0.503 e. The van der Waals surface area contributed by atoms with Gasteiger partial charge in [0.05, 0.1) is 6.20 Å². The summed E-state index contributed by atoms with van der Waals surface area (Å²) in [5, 5.41) is 9.59. The highest BCUT2D eigenvalue weighted by Gasteiger charge is 2.25. The highest BCUT2D eigenvalue weighted by molar-refractivity contribution is 5.22. The van der Waals surface area contributed by atoms with E-state index in [4.69, 9.17) is 0 Å². The molecule has 0 bridgehead atoms. The molecule has 0 saturated heterocycles. The van der Waals surface area contributed by atoms with E-state index in [9.17, 15) is 9.90 Å². The SMILES string of the molecule is CCCCN(CC)Cc1cc(=O)c(O)cn1C1CC1. The first-order chi connectivity index (χ1) is 9.15. The summed E-state index contributed by atoms with van der Waals surface area (Å²) in [5.41, 5.74) is 0.765. The van der Waals surface area contributed by atoms with Crippen LogP contribution in [-0.4, -0.2) is 27.7 Å². The Morgan fingerprint density at radius 1 is 1.42 bits per heavy atom. The van der Waals surface area contributed by atoms with Crippen LogP contribution in [0.3, 0.4) is 0 Å². The molecule has 106 valence electrons. The summed E-state index contributed by atoms with van der Waals surface area (Å²) in [6.07, 6.45) is 6.27. The zero-order valence-electron chi connectivity index (χ0n) is 11.9. The van der Waals surface area contributed by atoms with Gasteiger partial charge >= 0.3 is 0 Å². The molecule has 0 aromatic carbocycles. The van der Waals surface area contributed by atoms with Crippen molar-refractivity contribution >= 4 is 0 Å². The van der Waals surface area contributed by atoms with Gasteiger partial charge in [0.2, 0.25) is 5.43 Å². The molecule has 1 saturated carbocycles. The molecule has 4 nitrogen and oxygen atoms in total. The molecule has 1 aliphatic rings. The van der Waals surface area contributed by atoms with Gasteiger partial charge in [-0.1, -0.05) is 20.3 Å². The molecule has 0 unspecified atom stereocenters. The number of pyridine rings is 1.